The second kappa shape index (κ2) is 7.89. The number of ether oxygens (including phenoxy) is 1. The van der Waals surface area contributed by atoms with Crippen molar-refractivity contribution < 1.29 is 19.4 Å². The summed E-state index contributed by atoms with van der Waals surface area (Å²) in [6.45, 7) is 4.76. The minimum atomic E-state index is -0.843. The van der Waals surface area contributed by atoms with Gasteiger partial charge in [-0.1, -0.05) is 6.58 Å². The highest BCUT2D eigenvalue weighted by Crippen LogP contribution is 2.22. The fraction of sp³-hybridized carbons (Fsp3) is 0.412. The van der Waals surface area contributed by atoms with E-state index in [9.17, 15) is 14.7 Å². The van der Waals surface area contributed by atoms with Crippen molar-refractivity contribution in [2.24, 2.45) is 0 Å². The highest BCUT2D eigenvalue weighted by molar-refractivity contribution is 5.99. The van der Waals surface area contributed by atoms with Gasteiger partial charge in [0.05, 0.1) is 12.2 Å². The lowest BCUT2D eigenvalue weighted by atomic mass is 9.93. The number of hydrogen-bond donors (Lipinski definition) is 3. The maximum absolute atomic E-state index is 12.1. The summed E-state index contributed by atoms with van der Waals surface area (Å²) in [5.41, 5.74) is 0.248. The summed E-state index contributed by atoms with van der Waals surface area (Å²) in [5, 5.41) is 15.7. The molecule has 1 aliphatic rings. The molecule has 2 amide bonds. The van der Waals surface area contributed by atoms with Crippen molar-refractivity contribution in [3.63, 3.8) is 0 Å². The number of carbonyl (C=O) groups excluding carboxylic acids is 2. The Labute approximate surface area is 135 Å². The van der Waals surface area contributed by atoms with Gasteiger partial charge in [0.15, 0.2) is 0 Å². The van der Waals surface area contributed by atoms with Gasteiger partial charge < -0.3 is 20.5 Å². The Hall–Kier alpha value is -2.18. The Morgan fingerprint density at radius 3 is 2.70 bits per heavy atom. The molecule has 23 heavy (non-hydrogen) atoms. The van der Waals surface area contributed by atoms with Crippen LogP contribution in [0.3, 0.4) is 0 Å². The molecule has 6 heteroatoms. The van der Waals surface area contributed by atoms with Crippen LogP contribution in [0, 0.1) is 0 Å². The average molecular weight is 318 g/mol. The van der Waals surface area contributed by atoms with E-state index in [4.69, 9.17) is 4.74 Å². The first kappa shape index (κ1) is 17.2. The zero-order valence-corrected chi connectivity index (χ0v) is 13.0. The number of rotatable bonds is 6. The fourth-order valence-corrected chi connectivity index (χ4v) is 2.44. The average Bonchev–Trinajstić information content (AvgIpc) is 2.55. The third-order valence-corrected chi connectivity index (χ3v) is 3.78. The topological polar surface area (TPSA) is 87.7 Å². The molecule has 1 aromatic rings. The molecule has 6 nitrogen and oxygen atoms in total. The number of carbonyl (C=O) groups is 2. The van der Waals surface area contributed by atoms with E-state index in [1.165, 1.54) is 6.08 Å². The molecule has 1 atom stereocenters. The standard InChI is InChI=1S/C17H22N2O4/c1-2-15(20)19-14-6-4-13(5-7-14)16(21)18-10-9-17(22)8-3-11-23-12-17/h2,4-7,22H,1,3,8-12H2,(H,18,21)(H,19,20). The number of anilines is 1. The van der Waals surface area contributed by atoms with Crippen molar-refractivity contribution >= 4 is 17.5 Å². The van der Waals surface area contributed by atoms with Gasteiger partial charge in [0.25, 0.3) is 5.91 Å². The van der Waals surface area contributed by atoms with Crippen molar-refractivity contribution in [2.45, 2.75) is 24.9 Å². The van der Waals surface area contributed by atoms with E-state index in [2.05, 4.69) is 17.2 Å². The van der Waals surface area contributed by atoms with Crippen LogP contribution in [-0.2, 0) is 9.53 Å². The van der Waals surface area contributed by atoms with Crippen LogP contribution in [-0.4, -0.2) is 42.3 Å². The first-order chi connectivity index (χ1) is 11.0. The summed E-state index contributed by atoms with van der Waals surface area (Å²) in [6.07, 6.45) is 3.18. The molecule has 0 saturated carbocycles. The van der Waals surface area contributed by atoms with E-state index in [1.807, 2.05) is 0 Å². The molecular weight excluding hydrogens is 296 g/mol. The van der Waals surface area contributed by atoms with Gasteiger partial charge in [-0.05, 0) is 49.6 Å². The Balaban J connectivity index is 1.81. The molecule has 2 rings (SSSR count). The molecule has 0 aliphatic carbocycles. The zero-order valence-electron chi connectivity index (χ0n) is 13.0. The summed E-state index contributed by atoms with van der Waals surface area (Å²) >= 11 is 0. The van der Waals surface area contributed by atoms with Crippen LogP contribution in [0.1, 0.15) is 29.6 Å². The van der Waals surface area contributed by atoms with Crippen molar-refractivity contribution in [1.82, 2.24) is 5.32 Å². The fourth-order valence-electron chi connectivity index (χ4n) is 2.44. The maximum atomic E-state index is 12.1. The van der Waals surface area contributed by atoms with Crippen LogP contribution in [0.4, 0.5) is 5.69 Å². The highest BCUT2D eigenvalue weighted by atomic mass is 16.5. The van der Waals surface area contributed by atoms with E-state index in [0.29, 0.717) is 43.9 Å². The number of nitrogens with one attached hydrogen (secondary N) is 2. The van der Waals surface area contributed by atoms with Crippen LogP contribution < -0.4 is 10.6 Å². The Morgan fingerprint density at radius 1 is 1.35 bits per heavy atom. The number of benzene rings is 1. The van der Waals surface area contributed by atoms with Crippen molar-refractivity contribution in [3.05, 3.63) is 42.5 Å². The zero-order chi connectivity index (χ0) is 16.7. The first-order valence-corrected chi connectivity index (χ1v) is 7.64. The number of hydrogen-bond acceptors (Lipinski definition) is 4. The summed E-state index contributed by atoms with van der Waals surface area (Å²) in [6, 6.07) is 6.57. The third-order valence-electron chi connectivity index (χ3n) is 3.78. The predicted octanol–water partition coefficient (Wildman–Crippen LogP) is 1.47. The lowest BCUT2D eigenvalue weighted by Gasteiger charge is -2.31. The van der Waals surface area contributed by atoms with Gasteiger partial charge in [-0.3, -0.25) is 9.59 Å². The smallest absolute Gasteiger partial charge is 0.251 e. The monoisotopic (exact) mass is 318 g/mol. The molecule has 3 N–H and O–H groups in total. The van der Waals surface area contributed by atoms with Crippen LogP contribution in [0.5, 0.6) is 0 Å². The molecule has 1 aromatic carbocycles. The predicted molar refractivity (Wildman–Crippen MR) is 87.2 cm³/mol. The van der Waals surface area contributed by atoms with Gasteiger partial charge in [-0.25, -0.2) is 0 Å². The van der Waals surface area contributed by atoms with E-state index in [1.54, 1.807) is 24.3 Å². The van der Waals surface area contributed by atoms with Crippen LogP contribution in [0.25, 0.3) is 0 Å². The molecule has 1 fully saturated rings. The maximum Gasteiger partial charge on any atom is 0.251 e. The van der Waals surface area contributed by atoms with Crippen LogP contribution >= 0.6 is 0 Å². The third kappa shape index (κ3) is 5.19. The molecule has 1 aliphatic heterocycles. The molecule has 0 bridgehead atoms. The molecular formula is C17H22N2O4. The molecule has 0 radical (unpaired) electrons. The summed E-state index contributed by atoms with van der Waals surface area (Å²) in [5.74, 6) is -0.517. The van der Waals surface area contributed by atoms with Crippen molar-refractivity contribution in [1.29, 1.82) is 0 Å². The van der Waals surface area contributed by atoms with Crippen LogP contribution in [0.15, 0.2) is 36.9 Å². The normalized spacial score (nSPS) is 20.6. The summed E-state index contributed by atoms with van der Waals surface area (Å²) in [7, 11) is 0. The first-order valence-electron chi connectivity index (χ1n) is 7.64. The minimum absolute atomic E-state index is 0.216. The number of aliphatic hydroxyl groups is 1. The second-order valence-corrected chi connectivity index (χ2v) is 5.66. The van der Waals surface area contributed by atoms with Crippen LogP contribution in [0.2, 0.25) is 0 Å². The van der Waals surface area contributed by atoms with Gasteiger partial charge in [-0.15, -0.1) is 0 Å². The molecule has 1 saturated heterocycles. The minimum Gasteiger partial charge on any atom is -0.387 e. The van der Waals surface area contributed by atoms with Crippen molar-refractivity contribution in [3.8, 4) is 0 Å². The van der Waals surface area contributed by atoms with Gasteiger partial charge in [0, 0.05) is 24.4 Å². The van der Waals surface area contributed by atoms with Crippen molar-refractivity contribution in [2.75, 3.05) is 25.1 Å². The molecule has 1 heterocycles. The Kier molecular flexibility index (Phi) is 5.90. The summed E-state index contributed by atoms with van der Waals surface area (Å²) < 4.78 is 5.28. The van der Waals surface area contributed by atoms with Gasteiger partial charge >= 0.3 is 0 Å². The molecule has 0 spiro atoms. The molecule has 1 unspecified atom stereocenters. The van der Waals surface area contributed by atoms with Gasteiger partial charge in [0.2, 0.25) is 5.91 Å². The summed E-state index contributed by atoms with van der Waals surface area (Å²) in [4.78, 5) is 23.2. The SMILES string of the molecule is C=CC(=O)Nc1ccc(C(=O)NCCC2(O)CCCOC2)cc1. The van der Waals surface area contributed by atoms with Gasteiger partial charge in [0.1, 0.15) is 0 Å². The Bertz CT molecular complexity index is 562. The number of amides is 2. The quantitative estimate of drug-likeness (QED) is 0.693. The van der Waals surface area contributed by atoms with E-state index in [-0.39, 0.29) is 11.8 Å². The van der Waals surface area contributed by atoms with E-state index >= 15 is 0 Å². The van der Waals surface area contributed by atoms with E-state index in [0.717, 1.165) is 6.42 Å². The second-order valence-electron chi connectivity index (χ2n) is 5.66. The lowest BCUT2D eigenvalue weighted by molar-refractivity contribution is -0.111. The molecule has 0 aromatic heterocycles. The van der Waals surface area contributed by atoms with Gasteiger partial charge in [-0.2, -0.15) is 0 Å². The lowest BCUT2D eigenvalue weighted by Crippen LogP contribution is -2.41. The molecule has 124 valence electrons. The largest absolute Gasteiger partial charge is 0.387 e. The van der Waals surface area contributed by atoms with E-state index < -0.39 is 5.60 Å². The Morgan fingerprint density at radius 2 is 2.09 bits per heavy atom. The highest BCUT2D eigenvalue weighted by Gasteiger charge is 2.29.